The van der Waals surface area contributed by atoms with Crippen LogP contribution in [0.25, 0.3) is 0 Å². The van der Waals surface area contributed by atoms with Gasteiger partial charge in [-0.1, -0.05) is 31.8 Å². The van der Waals surface area contributed by atoms with E-state index in [1.165, 1.54) is 19.3 Å². The summed E-state index contributed by atoms with van der Waals surface area (Å²) in [5.41, 5.74) is 0.570. The van der Waals surface area contributed by atoms with Gasteiger partial charge in [0.05, 0.1) is 0 Å². The summed E-state index contributed by atoms with van der Waals surface area (Å²) in [5.74, 6) is 0.293. The van der Waals surface area contributed by atoms with E-state index in [4.69, 9.17) is 4.74 Å². The van der Waals surface area contributed by atoms with E-state index in [1.54, 1.807) is 7.11 Å². The summed E-state index contributed by atoms with van der Waals surface area (Å²) in [7, 11) is 1.71. The molecular formula is C15H24O2. The molecule has 0 aromatic rings. The van der Waals surface area contributed by atoms with Gasteiger partial charge in [-0.05, 0) is 44.1 Å². The molecule has 0 aromatic heterocycles. The van der Waals surface area contributed by atoms with Gasteiger partial charge in [0.2, 0.25) is 0 Å². The molecule has 2 aliphatic rings. The molecule has 0 bridgehead atoms. The van der Waals surface area contributed by atoms with E-state index in [0.29, 0.717) is 5.78 Å². The average molecular weight is 236 g/mol. The Morgan fingerprint density at radius 2 is 1.82 bits per heavy atom. The minimum atomic E-state index is -0.478. The molecule has 0 aromatic carbocycles. The fourth-order valence-electron chi connectivity index (χ4n) is 3.16. The molecule has 2 aliphatic carbocycles. The number of ether oxygens (including phenoxy) is 1. The molecule has 1 fully saturated rings. The molecule has 0 heterocycles. The van der Waals surface area contributed by atoms with E-state index in [0.717, 1.165) is 50.5 Å². The largest absolute Gasteiger partial charge is 0.370 e. The van der Waals surface area contributed by atoms with Gasteiger partial charge in [-0.2, -0.15) is 0 Å². The first-order chi connectivity index (χ1) is 8.28. The number of ketones is 1. The summed E-state index contributed by atoms with van der Waals surface area (Å²) in [6.45, 7) is 0. The molecular weight excluding hydrogens is 212 g/mol. The number of Topliss-reactive ketones (excluding diaryl/α,β-unsaturated/α-hetero) is 1. The first-order valence-electron chi connectivity index (χ1n) is 7.07. The van der Waals surface area contributed by atoms with Crippen LogP contribution < -0.4 is 0 Å². The maximum absolute atomic E-state index is 12.7. The average Bonchev–Trinajstić information content (AvgIpc) is 2.67. The molecule has 2 nitrogen and oxygen atoms in total. The summed E-state index contributed by atoms with van der Waals surface area (Å²) in [6, 6.07) is 0. The van der Waals surface area contributed by atoms with Crippen molar-refractivity contribution in [1.29, 1.82) is 0 Å². The number of carbonyl (C=O) groups excluding carboxylic acids is 1. The highest BCUT2D eigenvalue weighted by Crippen LogP contribution is 2.35. The van der Waals surface area contributed by atoms with E-state index >= 15 is 0 Å². The zero-order valence-corrected chi connectivity index (χ0v) is 11.0. The topological polar surface area (TPSA) is 26.3 Å². The van der Waals surface area contributed by atoms with E-state index in [9.17, 15) is 4.79 Å². The van der Waals surface area contributed by atoms with Crippen molar-refractivity contribution in [3.63, 3.8) is 0 Å². The van der Waals surface area contributed by atoms with Crippen LogP contribution in [0.3, 0.4) is 0 Å². The predicted molar refractivity (Wildman–Crippen MR) is 69.0 cm³/mol. The van der Waals surface area contributed by atoms with Crippen molar-refractivity contribution in [2.45, 2.75) is 69.8 Å². The molecule has 0 unspecified atom stereocenters. The molecule has 1 saturated carbocycles. The van der Waals surface area contributed by atoms with Crippen LogP contribution >= 0.6 is 0 Å². The first-order valence-corrected chi connectivity index (χ1v) is 7.07. The van der Waals surface area contributed by atoms with Gasteiger partial charge in [-0.15, -0.1) is 0 Å². The quantitative estimate of drug-likeness (QED) is 0.745. The lowest BCUT2D eigenvalue weighted by Crippen LogP contribution is -2.43. The molecule has 0 aliphatic heterocycles. The van der Waals surface area contributed by atoms with Gasteiger partial charge >= 0.3 is 0 Å². The highest BCUT2D eigenvalue weighted by Gasteiger charge is 2.40. The summed E-state index contributed by atoms with van der Waals surface area (Å²) < 4.78 is 5.64. The van der Waals surface area contributed by atoms with Crippen molar-refractivity contribution >= 4 is 5.78 Å². The Hall–Kier alpha value is -0.630. The molecule has 2 heteroatoms. The molecule has 0 N–H and O–H groups in total. The van der Waals surface area contributed by atoms with E-state index in [1.807, 2.05) is 0 Å². The molecule has 0 saturated heterocycles. The van der Waals surface area contributed by atoms with Crippen molar-refractivity contribution < 1.29 is 9.53 Å². The van der Waals surface area contributed by atoms with Crippen LogP contribution in [0, 0.1) is 0 Å². The van der Waals surface area contributed by atoms with E-state index < -0.39 is 5.60 Å². The molecule has 0 radical (unpaired) electrons. The third-order valence-electron chi connectivity index (χ3n) is 4.30. The lowest BCUT2D eigenvalue weighted by Gasteiger charge is -2.35. The van der Waals surface area contributed by atoms with Crippen LogP contribution in [0.1, 0.15) is 64.2 Å². The van der Waals surface area contributed by atoms with Crippen molar-refractivity contribution in [3.8, 4) is 0 Å². The van der Waals surface area contributed by atoms with E-state index in [-0.39, 0.29) is 0 Å². The highest BCUT2D eigenvalue weighted by atomic mass is 16.5. The lowest BCUT2D eigenvalue weighted by molar-refractivity contribution is -0.141. The number of methoxy groups -OCH3 is 1. The SMILES string of the molecule is COC1(C(=O)C2=CCCCCC2)CCCCC1. The third kappa shape index (κ3) is 2.79. The Morgan fingerprint density at radius 3 is 2.53 bits per heavy atom. The summed E-state index contributed by atoms with van der Waals surface area (Å²) in [6.07, 6.45) is 13.2. The van der Waals surface area contributed by atoms with Gasteiger partial charge in [-0.3, -0.25) is 4.79 Å². The van der Waals surface area contributed by atoms with Crippen LogP contribution in [0.5, 0.6) is 0 Å². The molecule has 17 heavy (non-hydrogen) atoms. The second-order valence-electron chi connectivity index (χ2n) is 5.42. The molecule has 2 rings (SSSR count). The maximum atomic E-state index is 12.7. The Morgan fingerprint density at radius 1 is 1.12 bits per heavy atom. The fourth-order valence-corrected chi connectivity index (χ4v) is 3.16. The van der Waals surface area contributed by atoms with Crippen molar-refractivity contribution in [3.05, 3.63) is 11.6 Å². The highest BCUT2D eigenvalue weighted by molar-refractivity contribution is 6.02. The molecule has 0 amide bonds. The summed E-state index contributed by atoms with van der Waals surface area (Å²) in [5, 5.41) is 0. The zero-order valence-electron chi connectivity index (χ0n) is 11.0. The number of rotatable bonds is 3. The van der Waals surface area contributed by atoms with Crippen LogP contribution in [-0.4, -0.2) is 18.5 Å². The third-order valence-corrected chi connectivity index (χ3v) is 4.30. The van der Waals surface area contributed by atoms with Crippen molar-refractivity contribution in [2.75, 3.05) is 7.11 Å². The van der Waals surface area contributed by atoms with Gasteiger partial charge in [-0.25, -0.2) is 0 Å². The zero-order chi connectivity index (χ0) is 12.1. The second-order valence-corrected chi connectivity index (χ2v) is 5.42. The van der Waals surface area contributed by atoms with Gasteiger partial charge in [0, 0.05) is 7.11 Å². The minimum absolute atomic E-state index is 0.293. The van der Waals surface area contributed by atoms with Crippen LogP contribution in [0.4, 0.5) is 0 Å². The van der Waals surface area contributed by atoms with Crippen LogP contribution in [0.15, 0.2) is 11.6 Å². The number of allylic oxidation sites excluding steroid dienone is 1. The Labute approximate surface area is 104 Å². The van der Waals surface area contributed by atoms with Crippen LogP contribution in [-0.2, 0) is 9.53 Å². The van der Waals surface area contributed by atoms with Gasteiger partial charge < -0.3 is 4.74 Å². The van der Waals surface area contributed by atoms with Gasteiger partial charge in [0.1, 0.15) is 5.60 Å². The first kappa shape index (κ1) is 12.8. The number of carbonyl (C=O) groups is 1. The smallest absolute Gasteiger partial charge is 0.190 e. The summed E-state index contributed by atoms with van der Waals surface area (Å²) >= 11 is 0. The standard InChI is InChI=1S/C15H24O2/c1-17-15(11-7-4-8-12-15)14(16)13-9-5-2-3-6-10-13/h9H,2-8,10-12H2,1H3. The van der Waals surface area contributed by atoms with Gasteiger partial charge in [0.15, 0.2) is 5.78 Å². The van der Waals surface area contributed by atoms with Gasteiger partial charge in [0.25, 0.3) is 0 Å². The Bertz CT molecular complexity index is 298. The van der Waals surface area contributed by atoms with Crippen LogP contribution in [0.2, 0.25) is 0 Å². The Kier molecular flexibility index (Phi) is 4.38. The Balaban J connectivity index is 2.12. The van der Waals surface area contributed by atoms with Crippen molar-refractivity contribution in [1.82, 2.24) is 0 Å². The number of hydrogen-bond donors (Lipinski definition) is 0. The van der Waals surface area contributed by atoms with E-state index in [2.05, 4.69) is 6.08 Å². The molecule has 0 spiro atoms. The maximum Gasteiger partial charge on any atom is 0.190 e. The second kappa shape index (κ2) is 5.81. The normalized spacial score (nSPS) is 24.9. The minimum Gasteiger partial charge on any atom is -0.370 e. The fraction of sp³-hybridized carbons (Fsp3) is 0.800. The lowest BCUT2D eigenvalue weighted by atomic mass is 9.78. The molecule has 0 atom stereocenters. The summed E-state index contributed by atoms with van der Waals surface area (Å²) in [4.78, 5) is 12.7. The monoisotopic (exact) mass is 236 g/mol. The number of hydrogen-bond acceptors (Lipinski definition) is 2. The van der Waals surface area contributed by atoms with Crippen molar-refractivity contribution in [2.24, 2.45) is 0 Å². The predicted octanol–water partition coefficient (Wildman–Crippen LogP) is 3.80. The molecule has 96 valence electrons.